The van der Waals surface area contributed by atoms with E-state index in [2.05, 4.69) is 9.47 Å². The van der Waals surface area contributed by atoms with Crippen molar-refractivity contribution in [1.29, 1.82) is 0 Å². The average Bonchev–Trinajstić information content (AvgIpc) is 2.44. The van der Waals surface area contributed by atoms with Gasteiger partial charge in [-0.3, -0.25) is 4.79 Å². The number of halogens is 3. The molecule has 1 aromatic rings. The summed E-state index contributed by atoms with van der Waals surface area (Å²) < 4.78 is 49.7. The SMILES string of the molecule is C/C=C(\C(=O)OCC)C(=O)c1cc(F)c(F)c(OC)c1F. The Balaban J connectivity index is 3.37. The molecule has 0 radical (unpaired) electrons. The third-order valence-electron chi connectivity index (χ3n) is 2.59. The molecule has 0 spiro atoms. The molecule has 0 saturated carbocycles. The maximum absolute atomic E-state index is 14.0. The smallest absolute Gasteiger partial charge is 0.341 e. The summed E-state index contributed by atoms with van der Waals surface area (Å²) in [6.07, 6.45) is 1.10. The van der Waals surface area contributed by atoms with E-state index >= 15 is 0 Å². The molecule has 0 aliphatic carbocycles. The van der Waals surface area contributed by atoms with Crippen molar-refractivity contribution in [2.24, 2.45) is 0 Å². The van der Waals surface area contributed by atoms with Gasteiger partial charge < -0.3 is 9.47 Å². The number of carbonyl (C=O) groups is 2. The van der Waals surface area contributed by atoms with Gasteiger partial charge in [0.05, 0.1) is 19.3 Å². The first-order chi connectivity index (χ1) is 9.88. The van der Waals surface area contributed by atoms with Gasteiger partial charge in [0.25, 0.3) is 0 Å². The van der Waals surface area contributed by atoms with E-state index in [0.29, 0.717) is 6.07 Å². The van der Waals surface area contributed by atoms with Crippen LogP contribution in [0.15, 0.2) is 17.7 Å². The first-order valence-electron chi connectivity index (χ1n) is 5.98. The van der Waals surface area contributed by atoms with Gasteiger partial charge in [-0.2, -0.15) is 4.39 Å². The minimum absolute atomic E-state index is 0.00698. The number of carbonyl (C=O) groups excluding carboxylic acids is 2. The van der Waals surface area contributed by atoms with Gasteiger partial charge in [0.1, 0.15) is 5.57 Å². The second-order valence-electron chi connectivity index (χ2n) is 3.82. The zero-order valence-corrected chi connectivity index (χ0v) is 11.6. The molecule has 7 heteroatoms. The highest BCUT2D eigenvalue weighted by Gasteiger charge is 2.28. The van der Waals surface area contributed by atoms with Gasteiger partial charge in [-0.25, -0.2) is 13.6 Å². The van der Waals surface area contributed by atoms with Crippen LogP contribution in [0.25, 0.3) is 0 Å². The van der Waals surface area contributed by atoms with Crippen molar-refractivity contribution in [2.45, 2.75) is 13.8 Å². The van der Waals surface area contributed by atoms with Crippen molar-refractivity contribution in [2.75, 3.05) is 13.7 Å². The number of hydrogen-bond donors (Lipinski definition) is 0. The number of methoxy groups -OCH3 is 1. The van der Waals surface area contributed by atoms with Gasteiger partial charge >= 0.3 is 5.97 Å². The van der Waals surface area contributed by atoms with Crippen LogP contribution in [0.5, 0.6) is 5.75 Å². The summed E-state index contributed by atoms with van der Waals surface area (Å²) in [4.78, 5) is 23.7. The lowest BCUT2D eigenvalue weighted by molar-refractivity contribution is -0.138. The molecule has 1 aromatic carbocycles. The number of esters is 1. The maximum Gasteiger partial charge on any atom is 0.341 e. The van der Waals surface area contributed by atoms with Crippen molar-refractivity contribution in [3.05, 3.63) is 40.7 Å². The predicted molar refractivity (Wildman–Crippen MR) is 67.6 cm³/mol. The molecule has 0 atom stereocenters. The number of hydrogen-bond acceptors (Lipinski definition) is 4. The van der Waals surface area contributed by atoms with Crippen molar-refractivity contribution < 1.29 is 32.2 Å². The van der Waals surface area contributed by atoms with E-state index in [1.165, 1.54) is 13.8 Å². The monoisotopic (exact) mass is 302 g/mol. The van der Waals surface area contributed by atoms with Crippen molar-refractivity contribution >= 4 is 11.8 Å². The molecule has 0 amide bonds. The van der Waals surface area contributed by atoms with Crippen LogP contribution in [0.2, 0.25) is 0 Å². The van der Waals surface area contributed by atoms with E-state index < -0.39 is 46.1 Å². The standard InChI is InChI=1S/C14H13F3O4/c1-4-7(14(19)21-5-2)12(18)8-6-9(15)11(17)13(20-3)10(8)16/h4,6H,5H2,1-3H3/b7-4-. The normalized spacial score (nSPS) is 11.2. The lowest BCUT2D eigenvalue weighted by Crippen LogP contribution is -2.18. The third kappa shape index (κ3) is 3.24. The zero-order chi connectivity index (χ0) is 16.2. The van der Waals surface area contributed by atoms with E-state index in [4.69, 9.17) is 0 Å². The third-order valence-corrected chi connectivity index (χ3v) is 2.59. The van der Waals surface area contributed by atoms with Gasteiger partial charge in [-0.15, -0.1) is 0 Å². The quantitative estimate of drug-likeness (QED) is 0.210. The second-order valence-corrected chi connectivity index (χ2v) is 3.82. The molecule has 0 aromatic heterocycles. The Hall–Kier alpha value is -2.31. The molecule has 1 rings (SSSR count). The van der Waals surface area contributed by atoms with Gasteiger partial charge in [0.2, 0.25) is 11.6 Å². The largest absolute Gasteiger partial charge is 0.491 e. The summed E-state index contributed by atoms with van der Waals surface area (Å²) >= 11 is 0. The fraction of sp³-hybridized carbons (Fsp3) is 0.286. The zero-order valence-electron chi connectivity index (χ0n) is 11.6. The lowest BCUT2D eigenvalue weighted by atomic mass is 10.0. The molecule has 0 aliphatic heterocycles. The molecule has 0 bridgehead atoms. The fourth-order valence-corrected chi connectivity index (χ4v) is 1.62. The van der Waals surface area contributed by atoms with Crippen LogP contribution in [0, 0.1) is 17.5 Å². The van der Waals surface area contributed by atoms with Crippen LogP contribution >= 0.6 is 0 Å². The van der Waals surface area contributed by atoms with Crippen LogP contribution < -0.4 is 4.74 Å². The van der Waals surface area contributed by atoms with E-state index in [-0.39, 0.29) is 6.61 Å². The Morgan fingerprint density at radius 1 is 1.24 bits per heavy atom. The Bertz CT molecular complexity index is 609. The van der Waals surface area contributed by atoms with Crippen molar-refractivity contribution in [1.82, 2.24) is 0 Å². The summed E-state index contributed by atoms with van der Waals surface area (Å²) in [5.74, 6) is -7.53. The molecule has 0 aliphatic rings. The lowest BCUT2D eigenvalue weighted by Gasteiger charge is -2.10. The van der Waals surface area contributed by atoms with E-state index in [0.717, 1.165) is 13.2 Å². The van der Waals surface area contributed by atoms with Crippen LogP contribution in [0.1, 0.15) is 24.2 Å². The Morgan fingerprint density at radius 3 is 2.33 bits per heavy atom. The molecule has 4 nitrogen and oxygen atoms in total. The first-order valence-corrected chi connectivity index (χ1v) is 5.98. The van der Waals surface area contributed by atoms with Crippen LogP contribution in [-0.4, -0.2) is 25.5 Å². The average molecular weight is 302 g/mol. The maximum atomic E-state index is 14.0. The predicted octanol–water partition coefficient (Wildman–Crippen LogP) is 2.80. The Labute approximate surface area is 119 Å². The van der Waals surface area contributed by atoms with Crippen molar-refractivity contribution in [3.63, 3.8) is 0 Å². The molecule has 0 unspecified atom stereocenters. The molecule has 0 N–H and O–H groups in total. The minimum Gasteiger partial charge on any atom is -0.491 e. The fourth-order valence-electron chi connectivity index (χ4n) is 1.62. The molecule has 0 heterocycles. The molecule has 0 saturated heterocycles. The topological polar surface area (TPSA) is 52.6 Å². The highest BCUT2D eigenvalue weighted by atomic mass is 19.2. The van der Waals surface area contributed by atoms with E-state index in [1.807, 2.05) is 0 Å². The van der Waals surface area contributed by atoms with E-state index in [1.54, 1.807) is 0 Å². The minimum atomic E-state index is -1.55. The first kappa shape index (κ1) is 16.7. The number of benzene rings is 1. The van der Waals surface area contributed by atoms with Gasteiger partial charge in [-0.1, -0.05) is 6.08 Å². The van der Waals surface area contributed by atoms with Gasteiger partial charge in [0.15, 0.2) is 17.4 Å². The highest BCUT2D eigenvalue weighted by molar-refractivity contribution is 6.24. The number of allylic oxidation sites excluding steroid dienone is 1. The number of Topliss-reactive ketones (excluding diaryl/α,β-unsaturated/α-hetero) is 1. The molecule has 21 heavy (non-hydrogen) atoms. The van der Waals surface area contributed by atoms with E-state index in [9.17, 15) is 22.8 Å². The van der Waals surface area contributed by atoms with Gasteiger partial charge in [-0.05, 0) is 19.9 Å². The summed E-state index contributed by atoms with van der Waals surface area (Å²) in [7, 11) is 0.928. The summed E-state index contributed by atoms with van der Waals surface area (Å²) in [5.41, 5.74) is -1.30. The number of ether oxygens (including phenoxy) is 2. The summed E-state index contributed by atoms with van der Waals surface area (Å²) in [6, 6.07) is 0.373. The number of ketones is 1. The molecule has 114 valence electrons. The molecule has 0 fully saturated rings. The van der Waals surface area contributed by atoms with Gasteiger partial charge in [0, 0.05) is 0 Å². The van der Waals surface area contributed by atoms with Crippen LogP contribution in [0.4, 0.5) is 13.2 Å². The number of rotatable bonds is 5. The Morgan fingerprint density at radius 2 is 1.86 bits per heavy atom. The molecular weight excluding hydrogens is 289 g/mol. The second kappa shape index (κ2) is 6.92. The molecular formula is C14H13F3O4. The van der Waals surface area contributed by atoms with Crippen LogP contribution in [-0.2, 0) is 9.53 Å². The van der Waals surface area contributed by atoms with Crippen LogP contribution in [0.3, 0.4) is 0 Å². The van der Waals surface area contributed by atoms with Crippen molar-refractivity contribution in [3.8, 4) is 5.75 Å². The summed E-state index contributed by atoms with van der Waals surface area (Å²) in [6.45, 7) is 2.89. The highest BCUT2D eigenvalue weighted by Crippen LogP contribution is 2.28. The Kier molecular flexibility index (Phi) is 5.52. The summed E-state index contributed by atoms with van der Waals surface area (Å²) in [5, 5.41) is 0.